The van der Waals surface area contributed by atoms with Gasteiger partial charge in [-0.15, -0.1) is 11.3 Å². The number of sulfonamides is 1. The second kappa shape index (κ2) is 4.69. The summed E-state index contributed by atoms with van der Waals surface area (Å²) in [5, 5.41) is 3.65. The molecule has 5 nitrogen and oxygen atoms in total. The van der Waals surface area contributed by atoms with Crippen LogP contribution in [0.3, 0.4) is 0 Å². The lowest BCUT2D eigenvalue weighted by Crippen LogP contribution is -2.19. The smallest absolute Gasteiger partial charge is 0.292 e. The SMILES string of the molecule is O=C1NC=C/C1=N/S(=O)(=O)c1cc2ccc(Cl)cc2s1. The molecule has 1 aliphatic rings. The monoisotopic (exact) mass is 326 g/mol. The maximum Gasteiger partial charge on any atom is 0.292 e. The van der Waals surface area contributed by atoms with Crippen molar-refractivity contribution in [3.63, 3.8) is 0 Å². The summed E-state index contributed by atoms with van der Waals surface area (Å²) >= 11 is 6.93. The second-order valence-corrected chi connectivity index (χ2v) is 7.36. The lowest BCUT2D eigenvalue weighted by molar-refractivity contribution is -0.113. The van der Waals surface area contributed by atoms with Crippen molar-refractivity contribution in [1.82, 2.24) is 5.32 Å². The van der Waals surface area contributed by atoms with E-state index >= 15 is 0 Å². The lowest BCUT2D eigenvalue weighted by Gasteiger charge is -1.94. The molecule has 2 heterocycles. The molecule has 102 valence electrons. The van der Waals surface area contributed by atoms with E-state index in [1.807, 2.05) is 0 Å². The van der Waals surface area contributed by atoms with Crippen LogP contribution in [-0.2, 0) is 14.8 Å². The van der Waals surface area contributed by atoms with Crippen LogP contribution in [0.2, 0.25) is 5.02 Å². The Morgan fingerprint density at radius 2 is 2.05 bits per heavy atom. The van der Waals surface area contributed by atoms with Gasteiger partial charge in [0.05, 0.1) is 0 Å². The third kappa shape index (κ3) is 2.35. The van der Waals surface area contributed by atoms with Crippen molar-refractivity contribution < 1.29 is 13.2 Å². The molecule has 1 amide bonds. The molecule has 0 unspecified atom stereocenters. The standard InChI is InChI=1S/C12H7ClN2O3S2/c13-8-2-1-7-5-11(19-10(7)6-8)20(17,18)15-9-3-4-14-12(9)16/h1-6H,(H,14,15,16). The van der Waals surface area contributed by atoms with Gasteiger partial charge in [0.25, 0.3) is 15.9 Å². The Balaban J connectivity index is 2.09. The predicted octanol–water partition coefficient (Wildman–Crippen LogP) is 2.33. The van der Waals surface area contributed by atoms with Gasteiger partial charge in [-0.25, -0.2) is 0 Å². The molecule has 0 radical (unpaired) electrons. The van der Waals surface area contributed by atoms with Crippen molar-refractivity contribution in [1.29, 1.82) is 0 Å². The number of thiophene rings is 1. The number of carbonyl (C=O) groups excluding carboxylic acids is 1. The average Bonchev–Trinajstić information content (AvgIpc) is 2.96. The zero-order valence-corrected chi connectivity index (χ0v) is 12.2. The number of nitrogens with one attached hydrogen (secondary N) is 1. The van der Waals surface area contributed by atoms with Crippen LogP contribution in [0, 0.1) is 0 Å². The summed E-state index contributed by atoms with van der Waals surface area (Å²) in [5.41, 5.74) is -0.125. The molecule has 0 saturated heterocycles. The number of fused-ring (bicyclic) bond motifs is 1. The van der Waals surface area contributed by atoms with Crippen molar-refractivity contribution in [3.8, 4) is 0 Å². The van der Waals surface area contributed by atoms with Crippen LogP contribution < -0.4 is 5.32 Å². The Hall–Kier alpha value is -1.70. The van der Waals surface area contributed by atoms with E-state index < -0.39 is 15.9 Å². The fraction of sp³-hybridized carbons (Fsp3) is 0. The first-order chi connectivity index (χ1) is 9.45. The summed E-state index contributed by atoms with van der Waals surface area (Å²) in [4.78, 5) is 11.3. The lowest BCUT2D eigenvalue weighted by atomic mass is 10.3. The van der Waals surface area contributed by atoms with Gasteiger partial charge < -0.3 is 5.32 Å². The van der Waals surface area contributed by atoms with E-state index in [-0.39, 0.29) is 9.92 Å². The number of nitrogens with zero attached hydrogens (tertiary/aromatic N) is 1. The molecule has 0 bridgehead atoms. The van der Waals surface area contributed by atoms with Crippen molar-refractivity contribution in [2.24, 2.45) is 4.40 Å². The quantitative estimate of drug-likeness (QED) is 0.920. The number of hydrogen-bond donors (Lipinski definition) is 1. The minimum absolute atomic E-state index is 0.0790. The Morgan fingerprint density at radius 3 is 2.75 bits per heavy atom. The molecule has 0 fully saturated rings. The van der Waals surface area contributed by atoms with Crippen LogP contribution in [0.5, 0.6) is 0 Å². The van der Waals surface area contributed by atoms with E-state index in [1.165, 1.54) is 18.3 Å². The van der Waals surface area contributed by atoms with E-state index in [0.29, 0.717) is 5.02 Å². The van der Waals surface area contributed by atoms with Gasteiger partial charge in [-0.2, -0.15) is 12.8 Å². The highest BCUT2D eigenvalue weighted by Crippen LogP contribution is 2.32. The maximum atomic E-state index is 12.2. The van der Waals surface area contributed by atoms with E-state index in [2.05, 4.69) is 9.71 Å². The Bertz CT molecular complexity index is 881. The van der Waals surface area contributed by atoms with E-state index in [0.717, 1.165) is 21.4 Å². The Kier molecular flexibility index (Phi) is 3.12. The fourth-order valence-corrected chi connectivity index (χ4v) is 4.34. The summed E-state index contributed by atoms with van der Waals surface area (Å²) in [7, 11) is -3.90. The van der Waals surface area contributed by atoms with Gasteiger partial charge in [0, 0.05) is 15.9 Å². The number of benzene rings is 1. The van der Waals surface area contributed by atoms with E-state index in [1.54, 1.807) is 18.2 Å². The fourth-order valence-electron chi connectivity index (χ4n) is 1.70. The first-order valence-corrected chi connectivity index (χ1v) is 8.11. The summed E-state index contributed by atoms with van der Waals surface area (Å²) in [6, 6.07) is 6.64. The summed E-state index contributed by atoms with van der Waals surface area (Å²) < 4.78 is 28.7. The molecule has 0 aliphatic carbocycles. The summed E-state index contributed by atoms with van der Waals surface area (Å²) in [6.07, 6.45) is 2.67. The highest BCUT2D eigenvalue weighted by atomic mass is 35.5. The van der Waals surface area contributed by atoms with E-state index in [4.69, 9.17) is 11.6 Å². The molecular formula is C12H7ClN2O3S2. The number of rotatable bonds is 2. The van der Waals surface area contributed by atoms with Crippen LogP contribution >= 0.6 is 22.9 Å². The van der Waals surface area contributed by atoms with Gasteiger partial charge in [0.1, 0.15) is 9.92 Å². The van der Waals surface area contributed by atoms with E-state index in [9.17, 15) is 13.2 Å². The molecule has 1 aromatic heterocycles. The molecule has 3 rings (SSSR count). The first kappa shape index (κ1) is 13.3. The highest BCUT2D eigenvalue weighted by molar-refractivity contribution is 7.92. The van der Waals surface area contributed by atoms with Gasteiger partial charge >= 0.3 is 0 Å². The molecule has 0 saturated carbocycles. The van der Waals surface area contributed by atoms with Crippen LogP contribution in [-0.4, -0.2) is 20.0 Å². The van der Waals surface area contributed by atoms with Crippen molar-refractivity contribution in [2.75, 3.05) is 0 Å². The predicted molar refractivity (Wildman–Crippen MR) is 78.7 cm³/mol. The third-order valence-electron chi connectivity index (χ3n) is 2.62. The largest absolute Gasteiger partial charge is 0.327 e. The molecule has 1 N–H and O–H groups in total. The number of hydrogen-bond acceptors (Lipinski definition) is 4. The number of halogens is 1. The Labute approximate surface area is 123 Å². The van der Waals surface area contributed by atoms with Crippen LogP contribution in [0.15, 0.2) is 45.1 Å². The van der Waals surface area contributed by atoms with Gasteiger partial charge in [0.15, 0.2) is 0 Å². The van der Waals surface area contributed by atoms with Gasteiger partial charge in [-0.3, -0.25) is 4.79 Å². The van der Waals surface area contributed by atoms with Gasteiger partial charge in [0.2, 0.25) is 0 Å². The highest BCUT2D eigenvalue weighted by Gasteiger charge is 2.21. The number of carbonyl (C=O) groups is 1. The zero-order chi connectivity index (χ0) is 14.3. The Morgan fingerprint density at radius 1 is 1.25 bits per heavy atom. The molecule has 0 atom stereocenters. The minimum Gasteiger partial charge on any atom is -0.327 e. The van der Waals surface area contributed by atoms with Gasteiger partial charge in [-0.1, -0.05) is 17.7 Å². The maximum absolute atomic E-state index is 12.2. The topological polar surface area (TPSA) is 75.6 Å². The second-order valence-electron chi connectivity index (χ2n) is 4.01. The minimum atomic E-state index is -3.90. The summed E-state index contributed by atoms with van der Waals surface area (Å²) in [5.74, 6) is -0.530. The average molecular weight is 327 g/mol. The normalized spacial score (nSPS) is 17.1. The van der Waals surface area contributed by atoms with Crippen LogP contribution in [0.4, 0.5) is 0 Å². The van der Waals surface area contributed by atoms with Crippen molar-refractivity contribution in [2.45, 2.75) is 4.21 Å². The molecular weight excluding hydrogens is 320 g/mol. The van der Waals surface area contributed by atoms with Crippen LogP contribution in [0.25, 0.3) is 10.1 Å². The molecule has 1 aromatic carbocycles. The molecule has 8 heteroatoms. The first-order valence-electron chi connectivity index (χ1n) is 5.47. The summed E-state index contributed by atoms with van der Waals surface area (Å²) in [6.45, 7) is 0. The molecule has 1 aliphatic heterocycles. The van der Waals surface area contributed by atoms with Crippen molar-refractivity contribution in [3.05, 3.63) is 41.6 Å². The number of amides is 1. The molecule has 20 heavy (non-hydrogen) atoms. The van der Waals surface area contributed by atoms with Gasteiger partial charge in [-0.05, 0) is 29.7 Å². The molecule has 2 aromatic rings. The van der Waals surface area contributed by atoms with Crippen LogP contribution in [0.1, 0.15) is 0 Å². The zero-order valence-electron chi connectivity index (χ0n) is 9.83. The molecule has 0 spiro atoms. The third-order valence-corrected chi connectivity index (χ3v) is 5.69. The van der Waals surface area contributed by atoms with Crippen molar-refractivity contribution >= 4 is 54.7 Å².